The maximum Gasteiger partial charge on any atom is 0.261 e. The zero-order chi connectivity index (χ0) is 23.7. The number of nitriles is 1. The van der Waals surface area contributed by atoms with Gasteiger partial charge in [-0.3, -0.25) is 10.1 Å². The first-order chi connectivity index (χ1) is 16.6. The summed E-state index contributed by atoms with van der Waals surface area (Å²) in [6, 6.07) is 28.3. The molecule has 0 unspecified atom stereocenters. The van der Waals surface area contributed by atoms with Gasteiger partial charge in [0, 0.05) is 16.0 Å². The molecule has 1 N–H and O–H groups in total. The average Bonchev–Trinajstić information content (AvgIpc) is 2.88. The molecule has 5 nitrogen and oxygen atoms in total. The van der Waals surface area contributed by atoms with E-state index in [0.29, 0.717) is 27.7 Å². The number of ether oxygens (including phenoxy) is 2. The maximum absolute atomic E-state index is 13.2. The molecule has 1 aliphatic rings. The third kappa shape index (κ3) is 3.75. The number of carbonyl (C=O) groups excluding carboxylic acids is 1. The van der Waals surface area contributed by atoms with Gasteiger partial charge in [-0.25, -0.2) is 0 Å². The normalized spacial score (nSPS) is 14.7. The van der Waals surface area contributed by atoms with Crippen LogP contribution in [0, 0.1) is 11.3 Å². The molecule has 1 atom stereocenters. The van der Waals surface area contributed by atoms with E-state index >= 15 is 0 Å². The molecule has 0 saturated carbocycles. The number of hydrogen-bond donors (Lipinski definition) is 1. The Hall–Kier alpha value is -4.27. The van der Waals surface area contributed by atoms with E-state index in [2.05, 4.69) is 11.4 Å². The third-order valence-electron chi connectivity index (χ3n) is 5.86. The van der Waals surface area contributed by atoms with Gasteiger partial charge >= 0.3 is 0 Å². The van der Waals surface area contributed by atoms with Crippen LogP contribution in [0.25, 0.3) is 10.8 Å². The number of carbonyl (C=O) groups is 1. The monoisotopic (exact) mass is 466 g/mol. The average molecular weight is 467 g/mol. The number of methoxy groups -OCH3 is 1. The molecule has 6 heteroatoms. The number of rotatable bonds is 4. The summed E-state index contributed by atoms with van der Waals surface area (Å²) in [5.41, 5.74) is 2.34. The van der Waals surface area contributed by atoms with Gasteiger partial charge in [0.15, 0.2) is 0 Å². The highest BCUT2D eigenvalue weighted by molar-refractivity contribution is 6.30. The van der Waals surface area contributed by atoms with Crippen molar-refractivity contribution in [3.63, 3.8) is 0 Å². The third-order valence-corrected chi connectivity index (χ3v) is 6.11. The number of hydrogen-bond acceptors (Lipinski definition) is 4. The minimum Gasteiger partial charge on any atom is -0.496 e. The lowest BCUT2D eigenvalue weighted by Gasteiger charge is -2.29. The lowest BCUT2D eigenvalue weighted by atomic mass is 9.82. The van der Waals surface area contributed by atoms with Crippen LogP contribution in [-0.2, 0) is 0 Å². The van der Waals surface area contributed by atoms with Gasteiger partial charge in [-0.05, 0) is 35.2 Å². The van der Waals surface area contributed by atoms with Crippen molar-refractivity contribution in [2.24, 2.45) is 0 Å². The molecule has 34 heavy (non-hydrogen) atoms. The smallest absolute Gasteiger partial charge is 0.261 e. The first kappa shape index (κ1) is 21.6. The number of nitrogens with one attached hydrogen (secondary N) is 1. The lowest BCUT2D eigenvalue weighted by Crippen LogP contribution is -2.31. The molecular formula is C28H19ClN2O3. The largest absolute Gasteiger partial charge is 0.496 e. The molecule has 5 rings (SSSR count). The molecule has 0 aliphatic carbocycles. The highest BCUT2D eigenvalue weighted by atomic mass is 35.5. The number of para-hydroxylation sites is 1. The Kier molecular flexibility index (Phi) is 5.67. The summed E-state index contributed by atoms with van der Waals surface area (Å²) in [6.45, 7) is 0. The van der Waals surface area contributed by atoms with Gasteiger partial charge in [0.25, 0.3) is 5.91 Å². The summed E-state index contributed by atoms with van der Waals surface area (Å²) in [5, 5.41) is 15.5. The number of amides is 1. The zero-order valence-electron chi connectivity index (χ0n) is 18.2. The van der Waals surface area contributed by atoms with E-state index in [1.165, 1.54) is 7.11 Å². The van der Waals surface area contributed by atoms with Crippen molar-refractivity contribution in [1.82, 2.24) is 5.32 Å². The van der Waals surface area contributed by atoms with E-state index in [4.69, 9.17) is 21.1 Å². The summed E-state index contributed by atoms with van der Waals surface area (Å²) in [6.07, 6.45) is 0. The van der Waals surface area contributed by atoms with Gasteiger partial charge in [0.2, 0.25) is 5.88 Å². The van der Waals surface area contributed by atoms with Crippen molar-refractivity contribution in [2.45, 2.75) is 5.92 Å². The molecule has 4 aromatic rings. The Bertz CT molecular complexity index is 1490. The van der Waals surface area contributed by atoms with Crippen LogP contribution in [0.15, 0.2) is 96.4 Å². The van der Waals surface area contributed by atoms with Crippen LogP contribution in [0.2, 0.25) is 5.02 Å². The van der Waals surface area contributed by atoms with Gasteiger partial charge in [0.1, 0.15) is 23.1 Å². The highest BCUT2D eigenvalue weighted by Crippen LogP contribution is 2.45. The number of benzene rings is 4. The number of fused-ring (bicyclic) bond motifs is 3. The fraction of sp³-hybridized carbons (Fsp3) is 0.0714. The summed E-state index contributed by atoms with van der Waals surface area (Å²) < 4.78 is 11.6. The van der Waals surface area contributed by atoms with E-state index in [-0.39, 0.29) is 5.88 Å². The van der Waals surface area contributed by atoms with E-state index < -0.39 is 11.8 Å². The first-order valence-corrected chi connectivity index (χ1v) is 11.0. The van der Waals surface area contributed by atoms with Crippen molar-refractivity contribution >= 4 is 28.3 Å². The molecule has 0 saturated heterocycles. The minimum absolute atomic E-state index is 0.0993. The number of allylic oxidation sites excluding steroid dienone is 1. The fourth-order valence-corrected chi connectivity index (χ4v) is 4.38. The van der Waals surface area contributed by atoms with Crippen molar-refractivity contribution in [3.05, 3.63) is 118 Å². The van der Waals surface area contributed by atoms with Crippen LogP contribution < -0.4 is 14.8 Å². The second-order valence-electron chi connectivity index (χ2n) is 7.80. The molecule has 4 aromatic carbocycles. The Morgan fingerprint density at radius 2 is 1.74 bits per heavy atom. The minimum atomic E-state index is -0.441. The maximum atomic E-state index is 13.2. The van der Waals surface area contributed by atoms with E-state index in [0.717, 1.165) is 21.9 Å². The topological polar surface area (TPSA) is 71.3 Å². The highest BCUT2D eigenvalue weighted by Gasteiger charge is 2.33. The zero-order valence-corrected chi connectivity index (χ0v) is 19.0. The standard InChI is InChI=1S/C28H19ClN2O3/c1-33-24-9-5-4-8-21(24)27(32)31-28-23(16-30)25(18-10-13-19(29)14-11-18)22-15-12-17-6-2-3-7-20(17)26(22)34-28/h2-15,25H,1H3,(H,31,32)/t25-/m1/s1. The Morgan fingerprint density at radius 1 is 1.00 bits per heavy atom. The molecule has 0 spiro atoms. The second-order valence-corrected chi connectivity index (χ2v) is 8.24. The molecule has 0 fully saturated rings. The summed E-state index contributed by atoms with van der Waals surface area (Å²) in [7, 11) is 1.50. The molecule has 1 amide bonds. The van der Waals surface area contributed by atoms with Gasteiger partial charge in [-0.1, -0.05) is 72.3 Å². The molecule has 1 heterocycles. The van der Waals surface area contributed by atoms with Gasteiger partial charge in [-0.15, -0.1) is 0 Å². The molecule has 166 valence electrons. The SMILES string of the molecule is COc1ccccc1C(=O)NC1=C(C#N)[C@H](c2ccc(Cl)cc2)c2ccc3ccccc3c2O1. The van der Waals surface area contributed by atoms with Crippen molar-refractivity contribution < 1.29 is 14.3 Å². The van der Waals surface area contributed by atoms with Crippen LogP contribution in [0.3, 0.4) is 0 Å². The Morgan fingerprint density at radius 3 is 2.50 bits per heavy atom. The number of halogens is 1. The fourth-order valence-electron chi connectivity index (χ4n) is 4.26. The van der Waals surface area contributed by atoms with Crippen LogP contribution in [0.1, 0.15) is 27.4 Å². The quantitative estimate of drug-likeness (QED) is 0.389. The summed E-state index contributed by atoms with van der Waals surface area (Å²) >= 11 is 6.12. The van der Waals surface area contributed by atoms with Crippen molar-refractivity contribution in [2.75, 3.05) is 7.11 Å². The van der Waals surface area contributed by atoms with Crippen LogP contribution >= 0.6 is 11.6 Å². The lowest BCUT2D eigenvalue weighted by molar-refractivity contribution is 0.0945. The first-order valence-electron chi connectivity index (χ1n) is 10.6. The molecular weight excluding hydrogens is 448 g/mol. The predicted molar refractivity (Wildman–Crippen MR) is 131 cm³/mol. The molecule has 0 bridgehead atoms. The van der Waals surface area contributed by atoms with E-state index in [1.807, 2.05) is 48.5 Å². The van der Waals surface area contributed by atoms with E-state index in [1.54, 1.807) is 36.4 Å². The van der Waals surface area contributed by atoms with Crippen LogP contribution in [-0.4, -0.2) is 13.0 Å². The Labute approximate surface area is 201 Å². The Balaban J connectivity index is 1.67. The molecule has 0 radical (unpaired) electrons. The summed E-state index contributed by atoms with van der Waals surface area (Å²) in [5.74, 6) is 0.256. The molecule has 0 aromatic heterocycles. The van der Waals surface area contributed by atoms with Gasteiger partial charge < -0.3 is 9.47 Å². The van der Waals surface area contributed by atoms with Crippen molar-refractivity contribution in [3.8, 4) is 17.6 Å². The van der Waals surface area contributed by atoms with E-state index in [9.17, 15) is 10.1 Å². The van der Waals surface area contributed by atoms with Gasteiger partial charge in [0.05, 0.1) is 18.6 Å². The van der Waals surface area contributed by atoms with Crippen LogP contribution in [0.4, 0.5) is 0 Å². The molecule has 1 aliphatic heterocycles. The summed E-state index contributed by atoms with van der Waals surface area (Å²) in [4.78, 5) is 13.2. The second kappa shape index (κ2) is 8.93. The van der Waals surface area contributed by atoms with Crippen molar-refractivity contribution in [1.29, 1.82) is 5.26 Å². The predicted octanol–water partition coefficient (Wildman–Crippen LogP) is 6.19. The van der Waals surface area contributed by atoms with Crippen LogP contribution in [0.5, 0.6) is 11.5 Å². The number of nitrogens with zero attached hydrogens (tertiary/aromatic N) is 1. The van der Waals surface area contributed by atoms with Gasteiger partial charge in [-0.2, -0.15) is 5.26 Å².